The van der Waals surface area contributed by atoms with Crippen LogP contribution in [0.1, 0.15) is 42.9 Å². The number of amides is 1. The predicted molar refractivity (Wildman–Crippen MR) is 108 cm³/mol. The number of carbonyl (C=O) groups is 1. The number of methoxy groups -OCH3 is 1. The summed E-state index contributed by atoms with van der Waals surface area (Å²) in [5.74, 6) is 0.378. The second-order valence-corrected chi connectivity index (χ2v) is 9.16. The average Bonchev–Trinajstić information content (AvgIpc) is 3.44. The van der Waals surface area contributed by atoms with E-state index >= 15 is 0 Å². The molecule has 2 aromatic heterocycles. The third-order valence-corrected chi connectivity index (χ3v) is 6.90. The molecule has 0 N–H and O–H groups in total. The highest BCUT2D eigenvalue weighted by molar-refractivity contribution is 7.09. The van der Waals surface area contributed by atoms with Gasteiger partial charge in [-0.2, -0.15) is 0 Å². The largest absolute Gasteiger partial charge is 0.383 e. The van der Waals surface area contributed by atoms with Gasteiger partial charge in [0.15, 0.2) is 0 Å². The van der Waals surface area contributed by atoms with E-state index in [9.17, 15) is 4.79 Å². The fourth-order valence-corrected chi connectivity index (χ4v) is 5.24. The lowest BCUT2D eigenvalue weighted by molar-refractivity contribution is -0.136. The van der Waals surface area contributed by atoms with Gasteiger partial charge in [-0.1, -0.05) is 0 Å². The Morgan fingerprint density at radius 3 is 2.93 bits per heavy atom. The van der Waals surface area contributed by atoms with E-state index in [0.717, 1.165) is 43.3 Å². The molecule has 0 saturated carbocycles. The Morgan fingerprint density at radius 2 is 2.25 bits per heavy atom. The van der Waals surface area contributed by atoms with Gasteiger partial charge in [0.25, 0.3) is 0 Å². The van der Waals surface area contributed by atoms with Gasteiger partial charge >= 0.3 is 0 Å². The summed E-state index contributed by atoms with van der Waals surface area (Å²) < 4.78 is 7.34. The van der Waals surface area contributed by atoms with Gasteiger partial charge in [-0.15, -0.1) is 11.3 Å². The van der Waals surface area contributed by atoms with Gasteiger partial charge in [-0.3, -0.25) is 9.69 Å². The van der Waals surface area contributed by atoms with Crippen molar-refractivity contribution in [2.24, 2.45) is 5.41 Å². The Morgan fingerprint density at radius 1 is 1.39 bits per heavy atom. The van der Waals surface area contributed by atoms with Gasteiger partial charge in [-0.05, 0) is 20.3 Å². The van der Waals surface area contributed by atoms with E-state index in [0.29, 0.717) is 19.2 Å². The highest BCUT2D eigenvalue weighted by Crippen LogP contribution is 2.49. The molecule has 0 aromatic carbocycles. The summed E-state index contributed by atoms with van der Waals surface area (Å²) in [4.78, 5) is 27.0. The lowest BCUT2D eigenvalue weighted by atomic mass is 9.75. The lowest BCUT2D eigenvalue weighted by Crippen LogP contribution is -2.40. The van der Waals surface area contributed by atoms with Crippen molar-refractivity contribution in [2.45, 2.75) is 38.8 Å². The van der Waals surface area contributed by atoms with Gasteiger partial charge < -0.3 is 14.2 Å². The van der Waals surface area contributed by atoms with Crippen molar-refractivity contribution in [3.63, 3.8) is 0 Å². The molecular weight excluding hydrogens is 374 g/mol. The number of hydrogen-bond acceptors (Lipinski definition) is 6. The first kappa shape index (κ1) is 19.5. The molecule has 152 valence electrons. The smallest absolute Gasteiger partial charge is 0.230 e. The second kappa shape index (κ2) is 7.93. The van der Waals surface area contributed by atoms with Crippen molar-refractivity contribution in [3.05, 3.63) is 34.8 Å². The molecule has 2 aromatic rings. The molecule has 0 aliphatic carbocycles. The molecule has 1 spiro atoms. The SMILES string of the molecule is COCCN1CCC2(CN(Cc3nccs3)CC2c2cn(C(C)C)cn2)C1=O. The second-order valence-electron chi connectivity index (χ2n) is 8.18. The van der Waals surface area contributed by atoms with Crippen LogP contribution in [0.5, 0.6) is 0 Å². The Kier molecular flexibility index (Phi) is 5.53. The molecule has 4 rings (SSSR count). The number of likely N-dealkylation sites (tertiary alicyclic amines) is 2. The third-order valence-electron chi connectivity index (χ3n) is 6.14. The number of imidazole rings is 1. The van der Waals surface area contributed by atoms with Crippen LogP contribution in [0.25, 0.3) is 0 Å². The Labute approximate surface area is 170 Å². The van der Waals surface area contributed by atoms with Gasteiger partial charge in [0, 0.05) is 63.0 Å². The van der Waals surface area contributed by atoms with Crippen LogP contribution >= 0.6 is 11.3 Å². The molecule has 1 amide bonds. The van der Waals surface area contributed by atoms with Crippen LogP contribution in [0.2, 0.25) is 0 Å². The minimum Gasteiger partial charge on any atom is -0.383 e. The molecule has 7 nitrogen and oxygen atoms in total. The van der Waals surface area contributed by atoms with Crippen molar-refractivity contribution >= 4 is 17.2 Å². The van der Waals surface area contributed by atoms with E-state index in [-0.39, 0.29) is 17.2 Å². The summed E-state index contributed by atoms with van der Waals surface area (Å²) in [5, 5.41) is 3.11. The van der Waals surface area contributed by atoms with Crippen LogP contribution in [0.4, 0.5) is 0 Å². The monoisotopic (exact) mass is 403 g/mol. The minimum absolute atomic E-state index is 0.118. The van der Waals surface area contributed by atoms with E-state index in [1.165, 1.54) is 0 Å². The van der Waals surface area contributed by atoms with Gasteiger partial charge in [-0.25, -0.2) is 9.97 Å². The molecule has 2 fully saturated rings. The first-order chi connectivity index (χ1) is 13.5. The molecule has 8 heteroatoms. The fraction of sp³-hybridized carbons (Fsp3) is 0.650. The molecule has 28 heavy (non-hydrogen) atoms. The number of nitrogens with zero attached hydrogens (tertiary/aromatic N) is 5. The third kappa shape index (κ3) is 3.49. The maximum Gasteiger partial charge on any atom is 0.230 e. The summed E-state index contributed by atoms with van der Waals surface area (Å²) in [6.45, 7) is 8.76. The predicted octanol–water partition coefficient (Wildman–Crippen LogP) is 2.38. The summed E-state index contributed by atoms with van der Waals surface area (Å²) in [5.41, 5.74) is 0.651. The molecule has 2 saturated heterocycles. The van der Waals surface area contributed by atoms with Gasteiger partial charge in [0.05, 0.1) is 30.6 Å². The fourth-order valence-electron chi connectivity index (χ4n) is 4.58. The van der Waals surface area contributed by atoms with E-state index < -0.39 is 0 Å². The zero-order valence-electron chi connectivity index (χ0n) is 16.9. The van der Waals surface area contributed by atoms with Crippen LogP contribution in [0.3, 0.4) is 0 Å². The van der Waals surface area contributed by atoms with E-state index in [2.05, 4.69) is 34.5 Å². The molecule has 2 aliphatic rings. The highest BCUT2D eigenvalue weighted by atomic mass is 32.1. The quantitative estimate of drug-likeness (QED) is 0.710. The summed E-state index contributed by atoms with van der Waals surface area (Å²) >= 11 is 1.67. The Hall–Kier alpha value is -1.77. The van der Waals surface area contributed by atoms with Crippen molar-refractivity contribution in [1.29, 1.82) is 0 Å². The van der Waals surface area contributed by atoms with E-state index in [4.69, 9.17) is 9.72 Å². The Bertz CT molecular complexity index is 805. The standard InChI is InChI=1S/C20H29N5O2S/c1-15(2)25-11-17(22-14-25)16-10-23(12-18-21-5-9-28-18)13-20(16)4-6-24(19(20)26)7-8-27-3/h5,9,11,14-16H,4,6-8,10,12-13H2,1-3H3. The normalized spacial score (nSPS) is 25.6. The van der Waals surface area contributed by atoms with Crippen LogP contribution in [0.15, 0.2) is 24.1 Å². The van der Waals surface area contributed by atoms with E-state index in [1.807, 2.05) is 22.8 Å². The number of ether oxygens (including phenoxy) is 1. The molecule has 2 unspecified atom stereocenters. The minimum atomic E-state index is -0.388. The zero-order chi connectivity index (χ0) is 19.7. The topological polar surface area (TPSA) is 63.5 Å². The number of thiazole rings is 1. The maximum atomic E-state index is 13.5. The van der Waals surface area contributed by atoms with Crippen molar-refractivity contribution in [3.8, 4) is 0 Å². The summed E-state index contributed by atoms with van der Waals surface area (Å²) in [7, 11) is 1.68. The molecular formula is C20H29N5O2S. The van der Waals surface area contributed by atoms with Crippen LogP contribution in [0, 0.1) is 5.41 Å². The van der Waals surface area contributed by atoms with E-state index in [1.54, 1.807) is 18.4 Å². The van der Waals surface area contributed by atoms with Gasteiger partial charge in [0.2, 0.25) is 5.91 Å². The van der Waals surface area contributed by atoms with Crippen molar-refractivity contribution < 1.29 is 9.53 Å². The Balaban J connectivity index is 1.61. The molecule has 2 aliphatic heterocycles. The number of aromatic nitrogens is 3. The molecule has 0 radical (unpaired) electrons. The maximum absolute atomic E-state index is 13.5. The van der Waals surface area contributed by atoms with Crippen molar-refractivity contribution in [2.75, 3.05) is 39.9 Å². The number of carbonyl (C=O) groups excluding carboxylic acids is 1. The van der Waals surface area contributed by atoms with Crippen LogP contribution in [-0.4, -0.2) is 70.1 Å². The van der Waals surface area contributed by atoms with Gasteiger partial charge in [0.1, 0.15) is 5.01 Å². The lowest BCUT2D eigenvalue weighted by Gasteiger charge is -2.28. The first-order valence-electron chi connectivity index (χ1n) is 9.96. The summed E-state index contributed by atoms with van der Waals surface area (Å²) in [6, 6.07) is 0.363. The number of hydrogen-bond donors (Lipinski definition) is 0. The first-order valence-corrected chi connectivity index (χ1v) is 10.8. The van der Waals surface area contributed by atoms with Crippen LogP contribution < -0.4 is 0 Å². The van der Waals surface area contributed by atoms with Crippen LogP contribution in [-0.2, 0) is 16.1 Å². The highest BCUT2D eigenvalue weighted by Gasteiger charge is 2.57. The zero-order valence-corrected chi connectivity index (χ0v) is 17.7. The number of rotatable bonds is 7. The molecule has 2 atom stereocenters. The average molecular weight is 404 g/mol. The molecule has 0 bridgehead atoms. The molecule has 4 heterocycles. The summed E-state index contributed by atoms with van der Waals surface area (Å²) in [6.07, 6.45) is 6.76. The van der Waals surface area contributed by atoms with Crippen molar-refractivity contribution in [1.82, 2.24) is 24.3 Å².